The quantitative estimate of drug-likeness (QED) is 0.532. The minimum atomic E-state index is -5.78. The monoisotopic (exact) mass is 488 g/mol. The van der Waals surface area contributed by atoms with Gasteiger partial charge < -0.3 is 5.11 Å². The van der Waals surface area contributed by atoms with Crippen LogP contribution in [0.1, 0.15) is 37.1 Å². The van der Waals surface area contributed by atoms with Crippen LogP contribution in [-0.4, -0.2) is 52.0 Å². The maximum atomic E-state index is 13.6. The van der Waals surface area contributed by atoms with Gasteiger partial charge in [-0.1, -0.05) is 6.07 Å². The molecule has 3 nitrogen and oxygen atoms in total. The lowest BCUT2D eigenvalue weighted by atomic mass is 9.81. The van der Waals surface area contributed by atoms with Gasteiger partial charge in [-0.3, -0.25) is 4.90 Å². The van der Waals surface area contributed by atoms with Crippen LogP contribution in [0.2, 0.25) is 0 Å². The lowest BCUT2D eigenvalue weighted by Gasteiger charge is -2.40. The molecule has 32 heavy (non-hydrogen) atoms. The van der Waals surface area contributed by atoms with Crippen molar-refractivity contribution in [3.8, 4) is 0 Å². The van der Waals surface area contributed by atoms with Gasteiger partial charge in [0.15, 0.2) is 6.10 Å². The lowest BCUT2D eigenvalue weighted by molar-refractivity contribution is -0.306. The molecule has 1 aromatic rings. The van der Waals surface area contributed by atoms with E-state index in [0.717, 1.165) is 17.0 Å². The maximum Gasteiger partial charge on any atom is 0.453 e. The third-order valence-corrected chi connectivity index (χ3v) is 5.35. The molecule has 0 radical (unpaired) electrons. The predicted molar refractivity (Wildman–Crippen MR) is 88.5 cm³/mol. The van der Waals surface area contributed by atoms with Crippen LogP contribution in [0.15, 0.2) is 18.2 Å². The minimum absolute atomic E-state index is 0.294. The van der Waals surface area contributed by atoms with Crippen LogP contribution in [-0.2, 0) is 12.7 Å². The minimum Gasteiger partial charge on any atom is -0.382 e. The fourth-order valence-electron chi connectivity index (χ4n) is 3.64. The second kappa shape index (κ2) is 9.27. The molecule has 0 aliphatic heterocycles. The Hall–Kier alpha value is -1.70. The van der Waals surface area contributed by atoms with Gasteiger partial charge in [0.25, 0.3) is 0 Å². The number of halogens is 11. The Morgan fingerprint density at radius 2 is 1.47 bits per heavy atom. The SMILES string of the molecule is OC(CN(Cc1cccc(C(F)(F)F)n1)C1CCC(C(F)(F)C(F)(F)F)CC1)C(F)(F)F. The molecule has 0 amide bonds. The Balaban J connectivity index is 2.20. The summed E-state index contributed by atoms with van der Waals surface area (Å²) in [5, 5.41) is 9.40. The summed E-state index contributed by atoms with van der Waals surface area (Å²) in [6.07, 6.45) is -20.6. The molecule has 14 heteroatoms. The molecule has 0 bridgehead atoms. The van der Waals surface area contributed by atoms with E-state index in [4.69, 9.17) is 0 Å². The molecule has 1 aliphatic rings. The van der Waals surface area contributed by atoms with Crippen LogP contribution in [0.3, 0.4) is 0 Å². The fraction of sp³-hybridized carbons (Fsp3) is 0.722. The molecule has 184 valence electrons. The van der Waals surface area contributed by atoms with Crippen molar-refractivity contribution in [3.63, 3.8) is 0 Å². The summed E-state index contributed by atoms with van der Waals surface area (Å²) in [4.78, 5) is 4.26. The number of rotatable bonds is 6. The average Bonchev–Trinajstić information content (AvgIpc) is 2.65. The molecule has 1 fully saturated rings. The molecule has 0 aromatic carbocycles. The van der Waals surface area contributed by atoms with Crippen LogP contribution in [0.5, 0.6) is 0 Å². The molecule has 1 unspecified atom stereocenters. The highest BCUT2D eigenvalue weighted by Gasteiger charge is 2.62. The maximum absolute atomic E-state index is 13.6. The Kier molecular flexibility index (Phi) is 7.70. The zero-order chi connectivity index (χ0) is 24.5. The van der Waals surface area contributed by atoms with E-state index in [2.05, 4.69) is 4.98 Å². The molecule has 1 heterocycles. The summed E-state index contributed by atoms with van der Waals surface area (Å²) in [6.45, 7) is -1.70. The molecular weight excluding hydrogens is 469 g/mol. The second-order valence-electron chi connectivity index (χ2n) is 7.62. The van der Waals surface area contributed by atoms with Gasteiger partial charge in [0.05, 0.1) is 5.69 Å². The topological polar surface area (TPSA) is 36.4 Å². The van der Waals surface area contributed by atoms with Crippen molar-refractivity contribution < 1.29 is 53.4 Å². The van der Waals surface area contributed by atoms with Crippen molar-refractivity contribution >= 4 is 0 Å². The molecule has 1 atom stereocenters. The lowest BCUT2D eigenvalue weighted by Crippen LogP contribution is -2.49. The van der Waals surface area contributed by atoms with Crippen molar-refractivity contribution in [1.29, 1.82) is 0 Å². The van der Waals surface area contributed by atoms with E-state index in [1.165, 1.54) is 0 Å². The van der Waals surface area contributed by atoms with E-state index < -0.39 is 74.1 Å². The van der Waals surface area contributed by atoms with Crippen LogP contribution in [0.25, 0.3) is 0 Å². The molecule has 2 rings (SSSR count). The Labute approximate surface area is 175 Å². The van der Waals surface area contributed by atoms with Gasteiger partial charge in [0.2, 0.25) is 0 Å². The largest absolute Gasteiger partial charge is 0.453 e. The van der Waals surface area contributed by atoms with Gasteiger partial charge in [-0.25, -0.2) is 4.98 Å². The number of aliphatic hydroxyl groups is 1. The summed E-state index contributed by atoms with van der Waals surface area (Å²) in [6, 6.07) is 1.75. The number of alkyl halides is 11. The smallest absolute Gasteiger partial charge is 0.382 e. The van der Waals surface area contributed by atoms with E-state index in [9.17, 15) is 53.4 Å². The fourth-order valence-corrected chi connectivity index (χ4v) is 3.64. The van der Waals surface area contributed by atoms with Crippen LogP contribution in [0.4, 0.5) is 48.3 Å². The van der Waals surface area contributed by atoms with Crippen molar-refractivity contribution in [3.05, 3.63) is 29.6 Å². The van der Waals surface area contributed by atoms with Gasteiger partial charge >= 0.3 is 24.5 Å². The van der Waals surface area contributed by atoms with E-state index >= 15 is 0 Å². The van der Waals surface area contributed by atoms with Crippen LogP contribution in [0, 0.1) is 5.92 Å². The van der Waals surface area contributed by atoms with Crippen LogP contribution >= 0.6 is 0 Å². The van der Waals surface area contributed by atoms with Crippen molar-refractivity contribution in [2.75, 3.05) is 6.54 Å². The Morgan fingerprint density at radius 3 is 1.94 bits per heavy atom. The van der Waals surface area contributed by atoms with E-state index in [1.807, 2.05) is 0 Å². The first-order valence-electron chi connectivity index (χ1n) is 9.39. The third kappa shape index (κ3) is 6.42. The zero-order valence-electron chi connectivity index (χ0n) is 16.2. The van der Waals surface area contributed by atoms with Gasteiger partial charge in [-0.15, -0.1) is 0 Å². The number of hydrogen-bond donors (Lipinski definition) is 1. The number of aliphatic hydroxyl groups excluding tert-OH is 1. The first-order chi connectivity index (χ1) is 14.4. The van der Waals surface area contributed by atoms with Gasteiger partial charge in [-0.05, 0) is 37.8 Å². The first kappa shape index (κ1) is 26.6. The summed E-state index contributed by atoms with van der Waals surface area (Å²) in [5.41, 5.74) is -1.60. The van der Waals surface area contributed by atoms with Crippen molar-refractivity contribution in [2.45, 2.75) is 68.8 Å². The number of nitrogens with zero attached hydrogens (tertiary/aromatic N) is 2. The van der Waals surface area contributed by atoms with Gasteiger partial charge in [0.1, 0.15) is 5.69 Å². The molecule has 0 saturated heterocycles. The van der Waals surface area contributed by atoms with E-state index in [-0.39, 0.29) is 18.5 Å². The normalized spacial score (nSPS) is 22.3. The third-order valence-electron chi connectivity index (χ3n) is 5.35. The highest BCUT2D eigenvalue weighted by atomic mass is 19.4. The molecule has 1 aromatic heterocycles. The van der Waals surface area contributed by atoms with Crippen LogP contribution < -0.4 is 0 Å². The summed E-state index contributed by atoms with van der Waals surface area (Å²) >= 11 is 0. The highest BCUT2D eigenvalue weighted by molar-refractivity contribution is 5.14. The molecular formula is C18H19F11N2O. The van der Waals surface area contributed by atoms with Crippen molar-refractivity contribution in [2.24, 2.45) is 5.92 Å². The van der Waals surface area contributed by atoms with Gasteiger partial charge in [-0.2, -0.15) is 48.3 Å². The number of hydrogen-bond acceptors (Lipinski definition) is 3. The standard InChI is InChI=1S/C18H19F11N2O/c19-15(20,18(27,28)29)10-4-6-12(7-5-10)31(9-14(32)17(24,25)26)8-11-2-1-3-13(30-11)16(21,22)23/h1-3,10,12,14,32H,4-9H2. The Morgan fingerprint density at radius 1 is 0.906 bits per heavy atom. The summed E-state index contributed by atoms with van der Waals surface area (Å²) in [7, 11) is 0. The molecule has 0 spiro atoms. The highest BCUT2D eigenvalue weighted by Crippen LogP contribution is 2.47. The predicted octanol–water partition coefficient (Wildman–Crippen LogP) is 5.58. The van der Waals surface area contributed by atoms with Crippen molar-refractivity contribution in [1.82, 2.24) is 9.88 Å². The summed E-state index contributed by atoms with van der Waals surface area (Å²) in [5.74, 6) is -7.04. The molecule has 1 aliphatic carbocycles. The number of aromatic nitrogens is 1. The van der Waals surface area contributed by atoms with Gasteiger partial charge in [0, 0.05) is 25.0 Å². The molecule has 1 N–H and O–H groups in total. The summed E-state index contributed by atoms with van der Waals surface area (Å²) < 4.78 is 142. The zero-order valence-corrected chi connectivity index (χ0v) is 16.2. The second-order valence-corrected chi connectivity index (χ2v) is 7.62. The Bertz CT molecular complexity index is 753. The van der Waals surface area contributed by atoms with E-state index in [0.29, 0.717) is 6.07 Å². The number of pyridine rings is 1. The average molecular weight is 488 g/mol. The first-order valence-corrected chi connectivity index (χ1v) is 9.39. The van der Waals surface area contributed by atoms with E-state index in [1.54, 1.807) is 0 Å². The molecule has 1 saturated carbocycles.